The minimum absolute atomic E-state index is 0.442. The summed E-state index contributed by atoms with van der Waals surface area (Å²) >= 11 is 5.81. The molecular formula is C16H15ClN6. The Hall–Kier alpha value is -2.60. The quantitative estimate of drug-likeness (QED) is 0.738. The van der Waals surface area contributed by atoms with Gasteiger partial charge in [-0.3, -0.25) is 0 Å². The van der Waals surface area contributed by atoms with Gasteiger partial charge in [-0.25, -0.2) is 24.9 Å². The van der Waals surface area contributed by atoms with Crippen LogP contribution in [0.1, 0.15) is 18.6 Å². The highest BCUT2D eigenvalue weighted by Crippen LogP contribution is 2.26. The van der Waals surface area contributed by atoms with E-state index in [1.165, 1.54) is 0 Å². The van der Waals surface area contributed by atoms with Gasteiger partial charge in [0.1, 0.15) is 22.6 Å². The molecule has 116 valence electrons. The Balaban J connectivity index is 2.00. The number of hydrogen-bond donors (Lipinski definition) is 1. The zero-order valence-electron chi connectivity index (χ0n) is 12.8. The minimum Gasteiger partial charge on any atom is -0.338 e. The highest BCUT2D eigenvalue weighted by Gasteiger charge is 2.11. The van der Waals surface area contributed by atoms with Crippen LogP contribution < -0.4 is 5.32 Å². The van der Waals surface area contributed by atoms with E-state index in [0.717, 1.165) is 23.5 Å². The summed E-state index contributed by atoms with van der Waals surface area (Å²) in [4.78, 5) is 21.7. The second kappa shape index (κ2) is 6.66. The summed E-state index contributed by atoms with van der Waals surface area (Å²) in [6, 6.07) is 7.33. The van der Waals surface area contributed by atoms with E-state index in [9.17, 15) is 0 Å². The molecule has 0 aliphatic rings. The van der Waals surface area contributed by atoms with Crippen molar-refractivity contribution in [3.8, 4) is 11.4 Å². The molecule has 0 aliphatic heterocycles. The zero-order valence-corrected chi connectivity index (χ0v) is 13.5. The van der Waals surface area contributed by atoms with E-state index in [-0.39, 0.29) is 0 Å². The van der Waals surface area contributed by atoms with Crippen LogP contribution in [0.25, 0.3) is 11.4 Å². The number of halogens is 1. The Labute approximate surface area is 139 Å². The van der Waals surface area contributed by atoms with Gasteiger partial charge in [-0.2, -0.15) is 0 Å². The number of rotatable bonds is 4. The van der Waals surface area contributed by atoms with Gasteiger partial charge in [0.05, 0.1) is 17.4 Å². The van der Waals surface area contributed by atoms with Crippen LogP contribution in [0.5, 0.6) is 0 Å². The standard InChI is InChI=1S/C16H15ClN6/c1-3-14-20-10(2)21-16(23-14)12-5-4-8-18-15(12)22-11-6-7-13(17)19-9-11/h4-9H,3H2,1-2H3,(H,18,22). The molecule has 3 heterocycles. The van der Waals surface area contributed by atoms with Crippen molar-refractivity contribution in [2.24, 2.45) is 0 Å². The van der Waals surface area contributed by atoms with Crippen molar-refractivity contribution >= 4 is 23.1 Å². The molecular weight excluding hydrogens is 312 g/mol. The van der Waals surface area contributed by atoms with Crippen molar-refractivity contribution < 1.29 is 0 Å². The van der Waals surface area contributed by atoms with Gasteiger partial charge in [0.15, 0.2) is 5.82 Å². The number of nitrogens with zero attached hydrogens (tertiary/aromatic N) is 5. The summed E-state index contributed by atoms with van der Waals surface area (Å²) in [5, 5.41) is 3.66. The Morgan fingerprint density at radius 2 is 1.96 bits per heavy atom. The monoisotopic (exact) mass is 326 g/mol. The Kier molecular flexibility index (Phi) is 4.43. The molecule has 0 atom stereocenters. The largest absolute Gasteiger partial charge is 0.338 e. The third kappa shape index (κ3) is 3.60. The van der Waals surface area contributed by atoms with Gasteiger partial charge in [-0.05, 0) is 31.2 Å². The first-order chi connectivity index (χ1) is 11.2. The first-order valence-corrected chi connectivity index (χ1v) is 7.59. The Bertz CT molecular complexity index is 819. The molecule has 3 aromatic heterocycles. The minimum atomic E-state index is 0.442. The van der Waals surface area contributed by atoms with Gasteiger partial charge < -0.3 is 5.32 Å². The lowest BCUT2D eigenvalue weighted by Crippen LogP contribution is -2.04. The average molecular weight is 327 g/mol. The molecule has 0 aliphatic carbocycles. The van der Waals surface area contributed by atoms with Gasteiger partial charge in [0.25, 0.3) is 0 Å². The van der Waals surface area contributed by atoms with Gasteiger partial charge >= 0.3 is 0 Å². The van der Waals surface area contributed by atoms with Crippen LogP contribution in [0, 0.1) is 6.92 Å². The lowest BCUT2D eigenvalue weighted by molar-refractivity contribution is 0.869. The highest BCUT2D eigenvalue weighted by atomic mass is 35.5. The summed E-state index contributed by atoms with van der Waals surface area (Å²) in [6.45, 7) is 3.87. The molecule has 0 amide bonds. The number of aromatic nitrogens is 5. The van der Waals surface area contributed by atoms with E-state index >= 15 is 0 Å². The maximum atomic E-state index is 5.81. The van der Waals surface area contributed by atoms with Crippen LogP contribution in [0.2, 0.25) is 5.15 Å². The van der Waals surface area contributed by atoms with Crippen LogP contribution in [-0.4, -0.2) is 24.9 Å². The van der Waals surface area contributed by atoms with E-state index < -0.39 is 0 Å². The lowest BCUT2D eigenvalue weighted by Gasteiger charge is -2.10. The van der Waals surface area contributed by atoms with Gasteiger partial charge in [-0.1, -0.05) is 18.5 Å². The van der Waals surface area contributed by atoms with Crippen LogP contribution >= 0.6 is 11.6 Å². The molecule has 6 nitrogen and oxygen atoms in total. The van der Waals surface area contributed by atoms with Crippen molar-refractivity contribution in [2.75, 3.05) is 5.32 Å². The topological polar surface area (TPSA) is 76.5 Å². The van der Waals surface area contributed by atoms with E-state index in [0.29, 0.717) is 22.6 Å². The predicted molar refractivity (Wildman–Crippen MR) is 89.7 cm³/mol. The number of aryl methyl sites for hydroxylation is 2. The number of hydrogen-bond acceptors (Lipinski definition) is 6. The maximum absolute atomic E-state index is 5.81. The first kappa shape index (κ1) is 15.3. The summed E-state index contributed by atoms with van der Waals surface area (Å²) in [6.07, 6.45) is 4.11. The number of nitrogens with one attached hydrogen (secondary N) is 1. The van der Waals surface area contributed by atoms with Crippen LogP contribution in [0.3, 0.4) is 0 Å². The van der Waals surface area contributed by atoms with Crippen molar-refractivity contribution in [1.29, 1.82) is 0 Å². The lowest BCUT2D eigenvalue weighted by atomic mass is 10.2. The molecule has 0 bridgehead atoms. The second-order valence-corrected chi connectivity index (χ2v) is 5.26. The second-order valence-electron chi connectivity index (χ2n) is 4.87. The van der Waals surface area contributed by atoms with E-state index in [1.54, 1.807) is 18.5 Å². The first-order valence-electron chi connectivity index (χ1n) is 7.21. The molecule has 0 aromatic carbocycles. The number of pyridine rings is 2. The van der Waals surface area contributed by atoms with Crippen molar-refractivity contribution in [3.05, 3.63) is 53.5 Å². The molecule has 3 aromatic rings. The van der Waals surface area contributed by atoms with Crippen molar-refractivity contribution in [3.63, 3.8) is 0 Å². The molecule has 1 N–H and O–H groups in total. The Morgan fingerprint density at radius 1 is 1.09 bits per heavy atom. The van der Waals surface area contributed by atoms with E-state index in [4.69, 9.17) is 11.6 Å². The highest BCUT2D eigenvalue weighted by molar-refractivity contribution is 6.29. The molecule has 0 saturated carbocycles. The van der Waals surface area contributed by atoms with Crippen LogP contribution in [0.4, 0.5) is 11.5 Å². The van der Waals surface area contributed by atoms with Crippen molar-refractivity contribution in [2.45, 2.75) is 20.3 Å². The van der Waals surface area contributed by atoms with Gasteiger partial charge in [0.2, 0.25) is 0 Å². The summed E-state index contributed by atoms with van der Waals surface area (Å²) in [7, 11) is 0. The van der Waals surface area contributed by atoms with Crippen LogP contribution in [0.15, 0.2) is 36.7 Å². The van der Waals surface area contributed by atoms with Gasteiger partial charge in [-0.15, -0.1) is 0 Å². The fourth-order valence-electron chi connectivity index (χ4n) is 2.09. The molecule has 3 rings (SSSR count). The molecule has 0 fully saturated rings. The average Bonchev–Trinajstić information content (AvgIpc) is 2.57. The molecule has 23 heavy (non-hydrogen) atoms. The molecule has 0 unspecified atom stereocenters. The summed E-state index contributed by atoms with van der Waals surface area (Å²) in [5.74, 6) is 2.71. The fourth-order valence-corrected chi connectivity index (χ4v) is 2.20. The summed E-state index contributed by atoms with van der Waals surface area (Å²) < 4.78 is 0. The molecule has 7 heteroatoms. The maximum Gasteiger partial charge on any atom is 0.167 e. The van der Waals surface area contributed by atoms with Gasteiger partial charge in [0, 0.05) is 12.6 Å². The smallest absolute Gasteiger partial charge is 0.167 e. The zero-order chi connectivity index (χ0) is 16.2. The SMILES string of the molecule is CCc1nc(C)nc(-c2cccnc2Nc2ccc(Cl)nc2)n1. The van der Waals surface area contributed by atoms with Crippen LogP contribution in [-0.2, 0) is 6.42 Å². The molecule has 0 radical (unpaired) electrons. The normalized spacial score (nSPS) is 10.6. The predicted octanol–water partition coefficient (Wildman–Crippen LogP) is 3.60. The molecule has 0 saturated heterocycles. The summed E-state index contributed by atoms with van der Waals surface area (Å²) in [5.41, 5.74) is 1.60. The molecule has 0 spiro atoms. The Morgan fingerprint density at radius 3 is 2.70 bits per heavy atom. The van der Waals surface area contributed by atoms with E-state index in [2.05, 4.69) is 30.2 Å². The van der Waals surface area contributed by atoms with E-state index in [1.807, 2.05) is 32.0 Å². The number of anilines is 2. The fraction of sp³-hybridized carbons (Fsp3) is 0.188. The third-order valence-electron chi connectivity index (χ3n) is 3.15. The van der Waals surface area contributed by atoms with Crippen molar-refractivity contribution in [1.82, 2.24) is 24.9 Å². The third-order valence-corrected chi connectivity index (χ3v) is 3.37.